The molecule has 3 heterocycles. The number of alkyl halides is 3. The molecule has 23 heavy (non-hydrogen) atoms. The standard InChI is InChI=1S/C15H14F3N3OS/c16-15(17,18)11-1-4-19-13(7-11)21-5-2-10(3-6-21)14-20-12(8-22)9-23-14/h1,4,7-10H,2-3,5-6H2. The number of rotatable bonds is 3. The molecular formula is C15H14F3N3OS. The van der Waals surface area contributed by atoms with Gasteiger partial charge in [-0.05, 0) is 25.0 Å². The number of carbonyl (C=O) groups is 1. The van der Waals surface area contributed by atoms with Crippen LogP contribution in [0.1, 0.15) is 39.8 Å². The van der Waals surface area contributed by atoms with Gasteiger partial charge in [0.15, 0.2) is 6.29 Å². The molecule has 0 unspecified atom stereocenters. The van der Waals surface area contributed by atoms with E-state index in [1.807, 2.05) is 4.90 Å². The van der Waals surface area contributed by atoms with Crippen LogP contribution in [0.2, 0.25) is 0 Å². The molecule has 0 bridgehead atoms. The monoisotopic (exact) mass is 341 g/mol. The van der Waals surface area contributed by atoms with Crippen molar-refractivity contribution in [3.8, 4) is 0 Å². The lowest BCUT2D eigenvalue weighted by Crippen LogP contribution is -2.33. The Morgan fingerprint density at radius 2 is 2.04 bits per heavy atom. The van der Waals surface area contributed by atoms with Crippen molar-refractivity contribution < 1.29 is 18.0 Å². The maximum atomic E-state index is 12.8. The second kappa shape index (κ2) is 6.27. The number of piperidine rings is 1. The number of hydrogen-bond donors (Lipinski definition) is 0. The minimum absolute atomic E-state index is 0.246. The van der Waals surface area contributed by atoms with E-state index in [0.29, 0.717) is 24.6 Å². The normalized spacial score (nSPS) is 16.6. The van der Waals surface area contributed by atoms with E-state index in [-0.39, 0.29) is 5.92 Å². The summed E-state index contributed by atoms with van der Waals surface area (Å²) in [4.78, 5) is 20.9. The smallest absolute Gasteiger partial charge is 0.357 e. The van der Waals surface area contributed by atoms with Gasteiger partial charge in [0, 0.05) is 30.6 Å². The predicted molar refractivity (Wildman–Crippen MR) is 80.9 cm³/mol. The molecular weight excluding hydrogens is 327 g/mol. The van der Waals surface area contributed by atoms with Crippen molar-refractivity contribution in [1.29, 1.82) is 0 Å². The summed E-state index contributed by atoms with van der Waals surface area (Å²) >= 11 is 1.46. The summed E-state index contributed by atoms with van der Waals surface area (Å²) in [6.07, 6.45) is -0.876. The average Bonchev–Trinajstić information content (AvgIpc) is 3.03. The first-order chi connectivity index (χ1) is 11.0. The lowest BCUT2D eigenvalue weighted by atomic mass is 9.97. The van der Waals surface area contributed by atoms with Gasteiger partial charge < -0.3 is 4.90 Å². The summed E-state index contributed by atoms with van der Waals surface area (Å²) in [5, 5.41) is 2.65. The third-order valence-electron chi connectivity index (χ3n) is 3.90. The maximum Gasteiger partial charge on any atom is 0.416 e. The van der Waals surface area contributed by atoms with Crippen LogP contribution in [0.4, 0.5) is 19.0 Å². The summed E-state index contributed by atoms with van der Waals surface area (Å²) in [5.74, 6) is 0.599. The number of aromatic nitrogens is 2. The Bertz CT molecular complexity index is 693. The number of halogens is 3. The molecule has 0 N–H and O–H groups in total. The zero-order valence-corrected chi connectivity index (χ0v) is 12.9. The van der Waals surface area contributed by atoms with Crippen molar-refractivity contribution in [2.45, 2.75) is 24.9 Å². The minimum Gasteiger partial charge on any atom is -0.357 e. The molecule has 4 nitrogen and oxygen atoms in total. The van der Waals surface area contributed by atoms with Crippen LogP contribution in [0.15, 0.2) is 23.7 Å². The first-order valence-electron chi connectivity index (χ1n) is 7.16. The molecule has 1 aliphatic rings. The molecule has 1 fully saturated rings. The van der Waals surface area contributed by atoms with Crippen molar-refractivity contribution >= 4 is 23.4 Å². The molecule has 0 amide bonds. The van der Waals surface area contributed by atoms with Crippen molar-refractivity contribution in [3.63, 3.8) is 0 Å². The number of thiazole rings is 1. The number of anilines is 1. The van der Waals surface area contributed by atoms with Gasteiger partial charge in [-0.3, -0.25) is 4.79 Å². The summed E-state index contributed by atoms with van der Waals surface area (Å²) in [6.45, 7) is 1.24. The molecule has 2 aromatic rings. The Kier molecular flexibility index (Phi) is 4.34. The minimum atomic E-state index is -4.36. The number of pyridine rings is 1. The molecule has 2 aromatic heterocycles. The van der Waals surface area contributed by atoms with Gasteiger partial charge in [-0.2, -0.15) is 13.2 Å². The Balaban J connectivity index is 1.68. The highest BCUT2D eigenvalue weighted by Crippen LogP contribution is 2.34. The molecule has 1 saturated heterocycles. The van der Waals surface area contributed by atoms with Gasteiger partial charge in [0.1, 0.15) is 11.5 Å². The molecule has 0 saturated carbocycles. The topological polar surface area (TPSA) is 46.1 Å². The number of hydrogen-bond acceptors (Lipinski definition) is 5. The molecule has 0 radical (unpaired) electrons. The second-order valence-corrected chi connectivity index (χ2v) is 6.28. The largest absolute Gasteiger partial charge is 0.416 e. The first kappa shape index (κ1) is 15.9. The molecule has 122 valence electrons. The van der Waals surface area contributed by atoms with E-state index >= 15 is 0 Å². The van der Waals surface area contributed by atoms with Crippen LogP contribution in [0.5, 0.6) is 0 Å². The van der Waals surface area contributed by atoms with Crippen LogP contribution in [0.3, 0.4) is 0 Å². The molecule has 0 aromatic carbocycles. The molecule has 0 atom stereocenters. The van der Waals surface area contributed by atoms with Crippen molar-refractivity contribution in [1.82, 2.24) is 9.97 Å². The molecule has 0 aliphatic carbocycles. The van der Waals surface area contributed by atoms with E-state index in [9.17, 15) is 18.0 Å². The predicted octanol–water partition coefficient (Wildman–Crippen LogP) is 3.75. The lowest BCUT2D eigenvalue weighted by molar-refractivity contribution is -0.137. The summed E-state index contributed by atoms with van der Waals surface area (Å²) in [5.41, 5.74) is -0.243. The van der Waals surface area contributed by atoms with E-state index in [0.717, 1.165) is 36.3 Å². The second-order valence-electron chi connectivity index (χ2n) is 5.39. The Morgan fingerprint density at radius 3 is 2.65 bits per heavy atom. The van der Waals surface area contributed by atoms with E-state index in [4.69, 9.17) is 0 Å². The van der Waals surface area contributed by atoms with Crippen LogP contribution in [-0.2, 0) is 6.18 Å². The Hall–Kier alpha value is -1.96. The third-order valence-corrected chi connectivity index (χ3v) is 4.93. The van der Waals surface area contributed by atoms with E-state index in [1.54, 1.807) is 5.38 Å². The van der Waals surface area contributed by atoms with Gasteiger partial charge in [0.2, 0.25) is 0 Å². The summed E-state index contributed by atoms with van der Waals surface area (Å²) in [7, 11) is 0. The zero-order chi connectivity index (χ0) is 16.4. The van der Waals surface area contributed by atoms with Crippen molar-refractivity contribution in [2.75, 3.05) is 18.0 Å². The van der Waals surface area contributed by atoms with Gasteiger partial charge in [-0.15, -0.1) is 11.3 Å². The van der Waals surface area contributed by atoms with Crippen LogP contribution in [0, 0.1) is 0 Å². The van der Waals surface area contributed by atoms with Crippen LogP contribution in [-0.4, -0.2) is 29.3 Å². The van der Waals surface area contributed by atoms with Crippen LogP contribution in [0.25, 0.3) is 0 Å². The quantitative estimate of drug-likeness (QED) is 0.798. The van der Waals surface area contributed by atoms with Gasteiger partial charge in [-0.1, -0.05) is 0 Å². The third kappa shape index (κ3) is 3.52. The fourth-order valence-corrected chi connectivity index (χ4v) is 3.60. The van der Waals surface area contributed by atoms with Crippen LogP contribution >= 0.6 is 11.3 Å². The van der Waals surface area contributed by atoms with Gasteiger partial charge in [-0.25, -0.2) is 9.97 Å². The molecule has 8 heteroatoms. The van der Waals surface area contributed by atoms with Gasteiger partial charge >= 0.3 is 6.18 Å². The number of nitrogens with zero attached hydrogens (tertiary/aromatic N) is 3. The summed E-state index contributed by atoms with van der Waals surface area (Å²) in [6, 6.07) is 2.07. The maximum absolute atomic E-state index is 12.8. The fourth-order valence-electron chi connectivity index (χ4n) is 2.67. The summed E-state index contributed by atoms with van der Waals surface area (Å²) < 4.78 is 38.3. The molecule has 1 aliphatic heterocycles. The first-order valence-corrected chi connectivity index (χ1v) is 8.04. The number of aldehydes is 1. The molecule has 0 spiro atoms. The Labute approximate surface area is 135 Å². The van der Waals surface area contributed by atoms with Gasteiger partial charge in [0.25, 0.3) is 0 Å². The lowest BCUT2D eigenvalue weighted by Gasteiger charge is -2.32. The van der Waals surface area contributed by atoms with E-state index in [2.05, 4.69) is 9.97 Å². The van der Waals surface area contributed by atoms with Crippen molar-refractivity contribution in [2.24, 2.45) is 0 Å². The SMILES string of the molecule is O=Cc1csc(C2CCN(c3cc(C(F)(F)F)ccn3)CC2)n1. The van der Waals surface area contributed by atoms with Crippen molar-refractivity contribution in [3.05, 3.63) is 40.0 Å². The average molecular weight is 341 g/mol. The fraction of sp³-hybridized carbons (Fsp3) is 0.400. The van der Waals surface area contributed by atoms with E-state index < -0.39 is 11.7 Å². The Morgan fingerprint density at radius 1 is 1.30 bits per heavy atom. The van der Waals surface area contributed by atoms with E-state index in [1.165, 1.54) is 17.5 Å². The zero-order valence-electron chi connectivity index (χ0n) is 12.1. The highest BCUT2D eigenvalue weighted by molar-refractivity contribution is 7.09. The molecule has 3 rings (SSSR count). The van der Waals surface area contributed by atoms with Gasteiger partial charge in [0.05, 0.1) is 10.6 Å². The van der Waals surface area contributed by atoms with Crippen LogP contribution < -0.4 is 4.90 Å². The number of carbonyl (C=O) groups excluding carboxylic acids is 1. The highest BCUT2D eigenvalue weighted by Gasteiger charge is 2.32. The highest BCUT2D eigenvalue weighted by atomic mass is 32.1.